The zero-order valence-electron chi connectivity index (χ0n) is 13.3. The Morgan fingerprint density at radius 3 is 2.68 bits per heavy atom. The van der Waals surface area contributed by atoms with Gasteiger partial charge in [0.15, 0.2) is 11.4 Å². The second kappa shape index (κ2) is 6.50. The van der Waals surface area contributed by atoms with Crippen LogP contribution in [0.15, 0.2) is 58.0 Å². The molecule has 0 saturated heterocycles. The number of benzene rings is 2. The molecule has 0 fully saturated rings. The lowest BCUT2D eigenvalue weighted by Crippen LogP contribution is -2.03. The average molecular weight is 369 g/mol. The van der Waals surface area contributed by atoms with Crippen molar-refractivity contribution in [3.63, 3.8) is 0 Å². The highest BCUT2D eigenvalue weighted by atomic mass is 35.5. The Morgan fingerprint density at radius 2 is 1.88 bits per heavy atom. The van der Waals surface area contributed by atoms with Crippen molar-refractivity contribution in [1.29, 1.82) is 0 Å². The minimum atomic E-state index is 0.0159. The fourth-order valence-electron chi connectivity index (χ4n) is 2.62. The maximum absolute atomic E-state index is 12.4. The first-order valence-corrected chi connectivity index (χ1v) is 9.05. The summed E-state index contributed by atoms with van der Waals surface area (Å²) in [5.74, 6) is 0.937. The molecule has 0 bridgehead atoms. The molecule has 124 valence electrons. The van der Waals surface area contributed by atoms with Gasteiger partial charge in [0.2, 0.25) is 0 Å². The van der Waals surface area contributed by atoms with Crippen molar-refractivity contribution in [2.24, 2.45) is 0 Å². The van der Waals surface area contributed by atoms with Crippen LogP contribution in [0.2, 0.25) is 5.02 Å². The van der Waals surface area contributed by atoms with Gasteiger partial charge < -0.3 is 4.42 Å². The molecule has 0 aliphatic carbocycles. The Balaban J connectivity index is 1.67. The van der Waals surface area contributed by atoms with E-state index >= 15 is 0 Å². The van der Waals surface area contributed by atoms with E-state index in [4.69, 9.17) is 16.0 Å². The number of furan rings is 1. The summed E-state index contributed by atoms with van der Waals surface area (Å²) in [5, 5.41) is 2.24. The molecular formula is C19H13ClN2O2S. The molecule has 4 aromatic rings. The number of rotatable bonds is 4. The predicted octanol–water partition coefficient (Wildman–Crippen LogP) is 5.31. The van der Waals surface area contributed by atoms with Gasteiger partial charge in [0.25, 0.3) is 0 Å². The van der Waals surface area contributed by atoms with E-state index < -0.39 is 0 Å². The molecule has 0 aliphatic heterocycles. The highest BCUT2D eigenvalue weighted by Gasteiger charge is 2.16. The van der Waals surface area contributed by atoms with E-state index in [1.165, 1.54) is 11.8 Å². The number of carbonyl (C=O) groups is 1. The Morgan fingerprint density at radius 1 is 1.12 bits per heavy atom. The van der Waals surface area contributed by atoms with Crippen LogP contribution in [0.3, 0.4) is 0 Å². The van der Waals surface area contributed by atoms with Crippen LogP contribution >= 0.6 is 23.4 Å². The summed E-state index contributed by atoms with van der Waals surface area (Å²) >= 11 is 7.22. The van der Waals surface area contributed by atoms with Crippen molar-refractivity contribution >= 4 is 51.2 Å². The lowest BCUT2D eigenvalue weighted by Gasteiger charge is -2.03. The molecule has 2 aromatic heterocycles. The number of ketones is 1. The normalized spacial score (nSPS) is 11.3. The van der Waals surface area contributed by atoms with Crippen LogP contribution in [-0.4, -0.2) is 21.5 Å². The van der Waals surface area contributed by atoms with Crippen molar-refractivity contribution in [1.82, 2.24) is 9.97 Å². The Labute approximate surface area is 153 Å². The van der Waals surface area contributed by atoms with Crippen LogP contribution in [0.4, 0.5) is 0 Å². The van der Waals surface area contributed by atoms with Crippen molar-refractivity contribution in [3.8, 4) is 0 Å². The van der Waals surface area contributed by atoms with Gasteiger partial charge in [-0.3, -0.25) is 4.79 Å². The number of hydrogen-bond acceptors (Lipinski definition) is 5. The molecule has 0 atom stereocenters. The van der Waals surface area contributed by atoms with Gasteiger partial charge >= 0.3 is 0 Å². The number of hydrogen-bond donors (Lipinski definition) is 0. The number of para-hydroxylation sites is 1. The summed E-state index contributed by atoms with van der Waals surface area (Å²) in [7, 11) is 0. The fourth-order valence-corrected chi connectivity index (χ4v) is 3.65. The van der Waals surface area contributed by atoms with Crippen LogP contribution in [0.25, 0.3) is 22.1 Å². The second-order valence-corrected chi connectivity index (χ2v) is 6.97. The molecule has 0 saturated carbocycles. The number of aryl methyl sites for hydroxylation is 1. The van der Waals surface area contributed by atoms with E-state index in [2.05, 4.69) is 9.97 Å². The van der Waals surface area contributed by atoms with Crippen LogP contribution in [0, 0.1) is 6.92 Å². The number of nitrogens with zero attached hydrogens (tertiary/aromatic N) is 2. The number of fused-ring (bicyclic) bond motifs is 3. The SMILES string of the molecule is Cc1nc(SCC(=O)c2ccc(Cl)cc2)c2oc3ccccc3c2n1. The maximum Gasteiger partial charge on any atom is 0.186 e. The van der Waals surface area contributed by atoms with Gasteiger partial charge in [-0.1, -0.05) is 35.5 Å². The average Bonchev–Trinajstić information content (AvgIpc) is 2.99. The van der Waals surface area contributed by atoms with Gasteiger partial charge in [-0.05, 0) is 43.3 Å². The van der Waals surface area contributed by atoms with Crippen LogP contribution < -0.4 is 0 Å². The van der Waals surface area contributed by atoms with Crippen molar-refractivity contribution in [2.75, 3.05) is 5.75 Å². The number of Topliss-reactive ketones (excluding diaryl/α,β-unsaturated/α-hetero) is 1. The van der Waals surface area contributed by atoms with E-state index in [-0.39, 0.29) is 11.5 Å². The second-order valence-electron chi connectivity index (χ2n) is 5.57. The van der Waals surface area contributed by atoms with E-state index in [1.807, 2.05) is 31.2 Å². The summed E-state index contributed by atoms with van der Waals surface area (Å²) in [4.78, 5) is 21.3. The Hall–Kier alpha value is -2.37. The molecule has 6 heteroatoms. The zero-order valence-corrected chi connectivity index (χ0v) is 14.9. The summed E-state index contributed by atoms with van der Waals surface area (Å²) in [6.45, 7) is 1.84. The number of thioether (sulfide) groups is 1. The molecule has 4 nitrogen and oxygen atoms in total. The standard InChI is InChI=1S/C19H13ClN2O2S/c1-11-21-17-14-4-2-3-5-16(14)24-18(17)19(22-11)25-10-15(23)12-6-8-13(20)9-7-12/h2-9H,10H2,1H3. The molecule has 0 unspecified atom stereocenters. The summed E-state index contributed by atoms with van der Waals surface area (Å²) in [5.41, 5.74) is 2.80. The van der Waals surface area contributed by atoms with Crippen molar-refractivity contribution in [2.45, 2.75) is 11.9 Å². The van der Waals surface area contributed by atoms with Crippen LogP contribution in [0.5, 0.6) is 0 Å². The highest BCUT2D eigenvalue weighted by molar-refractivity contribution is 8.00. The molecule has 25 heavy (non-hydrogen) atoms. The first-order chi connectivity index (χ1) is 12.1. The molecule has 0 aliphatic rings. The number of aromatic nitrogens is 2. The molecule has 2 heterocycles. The molecular weight excluding hydrogens is 356 g/mol. The third-order valence-corrected chi connectivity index (χ3v) is 5.02. The van der Waals surface area contributed by atoms with Crippen LogP contribution in [-0.2, 0) is 0 Å². The number of halogens is 1. The first kappa shape index (κ1) is 16.1. The minimum Gasteiger partial charge on any atom is -0.451 e. The third kappa shape index (κ3) is 3.13. The fraction of sp³-hybridized carbons (Fsp3) is 0.105. The van der Waals surface area contributed by atoms with Gasteiger partial charge in [-0.2, -0.15) is 0 Å². The van der Waals surface area contributed by atoms with Crippen molar-refractivity contribution < 1.29 is 9.21 Å². The number of carbonyl (C=O) groups excluding carboxylic acids is 1. The highest BCUT2D eigenvalue weighted by Crippen LogP contribution is 2.33. The van der Waals surface area contributed by atoms with Crippen molar-refractivity contribution in [3.05, 3.63) is 64.9 Å². The van der Waals surface area contributed by atoms with Gasteiger partial charge in [-0.15, -0.1) is 0 Å². The van der Waals surface area contributed by atoms with Crippen LogP contribution in [0.1, 0.15) is 16.2 Å². The van der Waals surface area contributed by atoms with Gasteiger partial charge in [0.05, 0.1) is 5.75 Å². The van der Waals surface area contributed by atoms with E-state index in [9.17, 15) is 4.79 Å². The largest absolute Gasteiger partial charge is 0.451 e. The van der Waals surface area contributed by atoms with Gasteiger partial charge in [-0.25, -0.2) is 9.97 Å². The minimum absolute atomic E-state index is 0.0159. The summed E-state index contributed by atoms with van der Waals surface area (Å²) in [6, 6.07) is 14.6. The molecule has 4 rings (SSSR count). The molecule has 0 radical (unpaired) electrons. The maximum atomic E-state index is 12.4. The topological polar surface area (TPSA) is 56.0 Å². The predicted molar refractivity (Wildman–Crippen MR) is 101 cm³/mol. The summed E-state index contributed by atoms with van der Waals surface area (Å²) in [6.07, 6.45) is 0. The van der Waals surface area contributed by atoms with E-state index in [0.29, 0.717) is 27.0 Å². The van der Waals surface area contributed by atoms with Gasteiger partial charge in [0.1, 0.15) is 22.0 Å². The lowest BCUT2D eigenvalue weighted by molar-refractivity contribution is 0.102. The molecule has 0 amide bonds. The Kier molecular flexibility index (Phi) is 4.19. The van der Waals surface area contributed by atoms with Gasteiger partial charge in [0, 0.05) is 16.0 Å². The zero-order chi connectivity index (χ0) is 17.4. The smallest absolute Gasteiger partial charge is 0.186 e. The Bertz CT molecular complexity index is 1090. The first-order valence-electron chi connectivity index (χ1n) is 7.69. The third-order valence-electron chi connectivity index (χ3n) is 3.81. The molecule has 0 N–H and O–H groups in total. The monoisotopic (exact) mass is 368 g/mol. The molecule has 0 spiro atoms. The quantitative estimate of drug-likeness (QED) is 0.277. The van der Waals surface area contributed by atoms with E-state index in [1.54, 1.807) is 24.3 Å². The van der Waals surface area contributed by atoms with E-state index in [0.717, 1.165) is 16.5 Å². The summed E-state index contributed by atoms with van der Waals surface area (Å²) < 4.78 is 5.92. The lowest BCUT2D eigenvalue weighted by atomic mass is 10.1. The molecule has 2 aromatic carbocycles.